The van der Waals surface area contributed by atoms with Gasteiger partial charge in [-0.05, 0) is 41.5 Å². The van der Waals surface area contributed by atoms with Crippen molar-refractivity contribution < 1.29 is 14.7 Å². The van der Waals surface area contributed by atoms with Crippen LogP contribution in [0, 0.1) is 0 Å². The maximum absolute atomic E-state index is 12.4. The van der Waals surface area contributed by atoms with Crippen LogP contribution >= 0.6 is 0 Å². The lowest BCUT2D eigenvalue weighted by atomic mass is 9.99. The van der Waals surface area contributed by atoms with Gasteiger partial charge in [-0.15, -0.1) is 0 Å². The lowest BCUT2D eigenvalue weighted by molar-refractivity contribution is 0.0696. The highest BCUT2D eigenvalue weighted by Gasteiger charge is 2.15. The molecular weight excluding hydrogens is 380 g/mol. The molecule has 0 spiro atoms. The summed E-state index contributed by atoms with van der Waals surface area (Å²) in [4.78, 5) is 32.7. The number of aromatic amines is 1. The van der Waals surface area contributed by atoms with Crippen LogP contribution in [0.15, 0.2) is 60.9 Å². The molecule has 0 aliphatic heterocycles. The molecule has 0 fully saturated rings. The quantitative estimate of drug-likeness (QED) is 0.450. The number of hydrogen-bond acceptors (Lipinski definition) is 4. The van der Waals surface area contributed by atoms with Gasteiger partial charge in [0.1, 0.15) is 5.65 Å². The van der Waals surface area contributed by atoms with Crippen molar-refractivity contribution in [2.75, 3.05) is 19.8 Å². The van der Waals surface area contributed by atoms with Gasteiger partial charge in [0.05, 0.1) is 11.1 Å². The number of benzene rings is 2. The van der Waals surface area contributed by atoms with E-state index in [0.29, 0.717) is 11.3 Å². The van der Waals surface area contributed by atoms with Gasteiger partial charge < -0.3 is 20.7 Å². The highest BCUT2D eigenvalue weighted by atomic mass is 16.4. The van der Waals surface area contributed by atoms with Crippen LogP contribution < -0.4 is 5.73 Å². The summed E-state index contributed by atoms with van der Waals surface area (Å²) in [7, 11) is 3.37. The van der Waals surface area contributed by atoms with Crippen molar-refractivity contribution >= 4 is 28.6 Å². The Morgan fingerprint density at radius 3 is 2.37 bits per heavy atom. The second-order valence-electron chi connectivity index (χ2n) is 7.21. The number of nitrogens with two attached hydrogens (primary N) is 1. The number of amides is 1. The second kappa shape index (κ2) is 7.36. The molecule has 0 radical (unpaired) electrons. The molecule has 0 bridgehead atoms. The van der Waals surface area contributed by atoms with Crippen molar-refractivity contribution in [3.63, 3.8) is 0 Å². The molecule has 0 saturated carbocycles. The van der Waals surface area contributed by atoms with Gasteiger partial charge in [-0.3, -0.25) is 4.79 Å². The number of nitrogen functional groups attached to an aromatic ring is 1. The third kappa shape index (κ3) is 3.37. The number of nitrogens with one attached hydrogen (secondary N) is 1. The molecule has 7 nitrogen and oxygen atoms in total. The van der Waals surface area contributed by atoms with Gasteiger partial charge in [0.25, 0.3) is 5.91 Å². The standard InChI is InChI=1S/C23H20N4O3/c1-27(2)22(28)18-9-15(7-8-20(18)24)16-10-17-19(12-26-21(17)25-11-16)13-3-5-14(6-4-13)23(29)30/h3-12H,24H2,1-2H3,(H,25,26)(H,29,30). The van der Waals surface area contributed by atoms with Crippen LogP contribution in [0.5, 0.6) is 0 Å². The number of carbonyl (C=O) groups is 2. The van der Waals surface area contributed by atoms with Crippen LogP contribution in [-0.4, -0.2) is 45.9 Å². The third-order valence-corrected chi connectivity index (χ3v) is 5.00. The molecule has 4 aromatic rings. The van der Waals surface area contributed by atoms with E-state index in [2.05, 4.69) is 9.97 Å². The summed E-state index contributed by atoms with van der Waals surface area (Å²) in [6.45, 7) is 0. The minimum atomic E-state index is -0.962. The average Bonchev–Trinajstić information content (AvgIpc) is 3.16. The van der Waals surface area contributed by atoms with Crippen LogP contribution in [0.3, 0.4) is 0 Å². The molecular formula is C23H20N4O3. The van der Waals surface area contributed by atoms with E-state index in [9.17, 15) is 9.59 Å². The molecule has 0 aliphatic carbocycles. The van der Waals surface area contributed by atoms with Gasteiger partial charge in [0.2, 0.25) is 0 Å². The van der Waals surface area contributed by atoms with Crippen molar-refractivity contribution in [3.05, 3.63) is 72.1 Å². The number of anilines is 1. The zero-order valence-electron chi connectivity index (χ0n) is 16.5. The number of aromatic carboxylic acids is 1. The number of H-pyrrole nitrogens is 1. The number of aromatic nitrogens is 2. The lowest BCUT2D eigenvalue weighted by Crippen LogP contribution is -2.22. The first-order valence-electron chi connectivity index (χ1n) is 9.27. The van der Waals surface area contributed by atoms with Crippen LogP contribution in [0.1, 0.15) is 20.7 Å². The monoisotopic (exact) mass is 400 g/mol. The molecule has 4 rings (SSSR count). The fourth-order valence-electron chi connectivity index (χ4n) is 3.35. The van der Waals surface area contributed by atoms with E-state index in [1.165, 1.54) is 4.90 Å². The molecule has 0 aliphatic rings. The highest BCUT2D eigenvalue weighted by molar-refractivity contribution is 6.01. The number of pyridine rings is 1. The van der Waals surface area contributed by atoms with E-state index in [1.54, 1.807) is 56.7 Å². The van der Waals surface area contributed by atoms with Gasteiger partial charge in [-0.1, -0.05) is 18.2 Å². The van der Waals surface area contributed by atoms with Crippen molar-refractivity contribution in [1.82, 2.24) is 14.9 Å². The molecule has 0 unspecified atom stereocenters. The molecule has 2 heterocycles. The summed E-state index contributed by atoms with van der Waals surface area (Å²) in [6, 6.07) is 14.0. The van der Waals surface area contributed by atoms with Gasteiger partial charge >= 0.3 is 5.97 Å². The van der Waals surface area contributed by atoms with Crippen molar-refractivity contribution in [2.24, 2.45) is 0 Å². The minimum absolute atomic E-state index is 0.163. The Morgan fingerprint density at radius 1 is 1.00 bits per heavy atom. The number of hydrogen-bond donors (Lipinski definition) is 3. The SMILES string of the molecule is CN(C)C(=O)c1cc(-c2cnc3[nH]cc(-c4ccc(C(=O)O)cc4)c3c2)ccc1N. The fourth-order valence-corrected chi connectivity index (χ4v) is 3.35. The zero-order valence-corrected chi connectivity index (χ0v) is 16.5. The van der Waals surface area contributed by atoms with Crippen molar-refractivity contribution in [1.29, 1.82) is 0 Å². The van der Waals surface area contributed by atoms with Gasteiger partial charge in [0.15, 0.2) is 0 Å². The maximum Gasteiger partial charge on any atom is 0.335 e. The molecule has 7 heteroatoms. The molecule has 0 atom stereocenters. The number of rotatable bonds is 4. The highest BCUT2D eigenvalue weighted by Crippen LogP contribution is 2.32. The number of fused-ring (bicyclic) bond motifs is 1. The van der Waals surface area contributed by atoms with E-state index >= 15 is 0 Å². The summed E-state index contributed by atoms with van der Waals surface area (Å²) >= 11 is 0. The first kappa shape index (κ1) is 19.2. The normalized spacial score (nSPS) is 10.9. The van der Waals surface area contributed by atoms with E-state index in [1.807, 2.05) is 18.3 Å². The number of carboxylic acids is 1. The van der Waals surface area contributed by atoms with E-state index in [0.717, 1.165) is 33.3 Å². The van der Waals surface area contributed by atoms with Gasteiger partial charge in [0, 0.05) is 48.7 Å². The smallest absolute Gasteiger partial charge is 0.335 e. The summed E-state index contributed by atoms with van der Waals surface area (Å²) in [6.07, 6.45) is 3.59. The van der Waals surface area contributed by atoms with E-state index in [-0.39, 0.29) is 11.5 Å². The first-order valence-corrected chi connectivity index (χ1v) is 9.27. The van der Waals surface area contributed by atoms with Crippen LogP contribution in [0.2, 0.25) is 0 Å². The topological polar surface area (TPSA) is 112 Å². The summed E-state index contributed by atoms with van der Waals surface area (Å²) in [5.41, 5.74) is 11.3. The zero-order chi connectivity index (χ0) is 21.4. The van der Waals surface area contributed by atoms with Crippen molar-refractivity contribution in [3.8, 4) is 22.3 Å². The summed E-state index contributed by atoms with van der Waals surface area (Å²) in [5.74, 6) is -1.12. The van der Waals surface area contributed by atoms with Gasteiger partial charge in [-0.25, -0.2) is 9.78 Å². The Bertz CT molecular complexity index is 1270. The second-order valence-corrected chi connectivity index (χ2v) is 7.21. The Morgan fingerprint density at radius 2 is 1.70 bits per heavy atom. The molecule has 4 N–H and O–H groups in total. The van der Waals surface area contributed by atoms with Crippen LogP contribution in [0.25, 0.3) is 33.3 Å². The summed E-state index contributed by atoms with van der Waals surface area (Å²) < 4.78 is 0. The third-order valence-electron chi connectivity index (χ3n) is 5.00. The number of carboxylic acid groups (broad SMARTS) is 1. The largest absolute Gasteiger partial charge is 0.478 e. The Labute approximate surface area is 172 Å². The lowest BCUT2D eigenvalue weighted by Gasteiger charge is -2.13. The number of carbonyl (C=O) groups excluding carboxylic acids is 1. The van der Waals surface area contributed by atoms with Crippen LogP contribution in [-0.2, 0) is 0 Å². The minimum Gasteiger partial charge on any atom is -0.478 e. The predicted octanol–water partition coefficient (Wildman–Crippen LogP) is 3.88. The first-order chi connectivity index (χ1) is 14.3. The fraction of sp³-hybridized carbons (Fsp3) is 0.0870. The predicted molar refractivity (Wildman–Crippen MR) is 116 cm³/mol. The Balaban J connectivity index is 1.79. The number of nitrogens with zero attached hydrogens (tertiary/aromatic N) is 2. The molecule has 2 aromatic heterocycles. The molecule has 30 heavy (non-hydrogen) atoms. The average molecular weight is 400 g/mol. The maximum atomic E-state index is 12.4. The van der Waals surface area contributed by atoms with E-state index < -0.39 is 5.97 Å². The Hall–Kier alpha value is -4.13. The van der Waals surface area contributed by atoms with Crippen molar-refractivity contribution in [2.45, 2.75) is 0 Å². The van der Waals surface area contributed by atoms with E-state index in [4.69, 9.17) is 10.8 Å². The molecule has 1 amide bonds. The molecule has 2 aromatic carbocycles. The van der Waals surface area contributed by atoms with Gasteiger partial charge in [-0.2, -0.15) is 0 Å². The molecule has 150 valence electrons. The van der Waals surface area contributed by atoms with Crippen LogP contribution in [0.4, 0.5) is 5.69 Å². The molecule has 0 saturated heterocycles. The summed E-state index contributed by atoms with van der Waals surface area (Å²) in [5, 5.41) is 10.00. The Kier molecular flexibility index (Phi) is 4.71.